The van der Waals surface area contributed by atoms with Crippen molar-refractivity contribution in [1.82, 2.24) is 25.4 Å². The summed E-state index contributed by atoms with van der Waals surface area (Å²) in [5.74, 6) is 0.394. The first-order valence-electron chi connectivity index (χ1n) is 7.39. The Balaban J connectivity index is 1.77. The predicted octanol–water partition coefficient (Wildman–Crippen LogP) is 1.25. The minimum absolute atomic E-state index is 0.0330. The summed E-state index contributed by atoms with van der Waals surface area (Å²) in [5, 5.41) is 6.35. The third-order valence-corrected chi connectivity index (χ3v) is 3.41. The van der Waals surface area contributed by atoms with Crippen LogP contribution in [0.15, 0.2) is 41.1 Å². The molecule has 8 heteroatoms. The van der Waals surface area contributed by atoms with E-state index in [0.29, 0.717) is 18.0 Å². The second kappa shape index (κ2) is 6.86. The van der Waals surface area contributed by atoms with Gasteiger partial charge in [-0.15, -0.1) is 0 Å². The molecule has 3 N–H and O–H groups in total. The van der Waals surface area contributed by atoms with Gasteiger partial charge in [0.2, 0.25) is 11.7 Å². The van der Waals surface area contributed by atoms with Gasteiger partial charge >= 0.3 is 0 Å². The Morgan fingerprint density at radius 1 is 1.21 bits per heavy atom. The van der Waals surface area contributed by atoms with Crippen LogP contribution in [-0.4, -0.2) is 33.1 Å². The van der Waals surface area contributed by atoms with Crippen molar-refractivity contribution in [3.63, 3.8) is 0 Å². The van der Waals surface area contributed by atoms with Gasteiger partial charge in [-0.1, -0.05) is 35.5 Å². The number of anilines is 1. The van der Waals surface area contributed by atoms with Gasteiger partial charge < -0.3 is 15.6 Å². The Bertz CT molecular complexity index is 847. The molecule has 24 heavy (non-hydrogen) atoms. The highest BCUT2D eigenvalue weighted by Gasteiger charge is 2.16. The minimum Gasteiger partial charge on any atom is -0.382 e. The van der Waals surface area contributed by atoms with E-state index in [2.05, 4.69) is 25.4 Å². The molecule has 0 saturated heterocycles. The molecule has 0 radical (unpaired) electrons. The molecule has 1 aromatic carbocycles. The molecule has 1 amide bonds. The van der Waals surface area contributed by atoms with Crippen LogP contribution in [0.25, 0.3) is 11.5 Å². The summed E-state index contributed by atoms with van der Waals surface area (Å²) < 4.78 is 5.24. The monoisotopic (exact) mass is 324 g/mol. The molecule has 3 aromatic rings. The van der Waals surface area contributed by atoms with E-state index in [4.69, 9.17) is 10.3 Å². The van der Waals surface area contributed by atoms with E-state index in [9.17, 15) is 4.79 Å². The van der Waals surface area contributed by atoms with Gasteiger partial charge in [0.1, 0.15) is 5.69 Å². The van der Waals surface area contributed by atoms with Crippen molar-refractivity contribution < 1.29 is 9.32 Å². The number of nitrogens with two attached hydrogens (primary N) is 1. The first kappa shape index (κ1) is 15.6. The summed E-state index contributed by atoms with van der Waals surface area (Å²) in [7, 11) is 1.49. The number of aromatic nitrogens is 4. The van der Waals surface area contributed by atoms with Crippen molar-refractivity contribution in [2.45, 2.75) is 12.8 Å². The molecule has 0 fully saturated rings. The number of carbonyl (C=O) groups excluding carboxylic acids is 1. The first-order chi connectivity index (χ1) is 11.7. The molecule has 0 bridgehead atoms. The van der Waals surface area contributed by atoms with E-state index in [-0.39, 0.29) is 17.3 Å². The summed E-state index contributed by atoms with van der Waals surface area (Å²) in [6.07, 6.45) is 2.81. The van der Waals surface area contributed by atoms with Crippen LogP contribution in [0, 0.1) is 0 Å². The van der Waals surface area contributed by atoms with E-state index >= 15 is 0 Å². The van der Waals surface area contributed by atoms with Crippen LogP contribution in [0.3, 0.4) is 0 Å². The summed E-state index contributed by atoms with van der Waals surface area (Å²) >= 11 is 0. The van der Waals surface area contributed by atoms with Crippen molar-refractivity contribution in [2.75, 3.05) is 12.8 Å². The first-order valence-corrected chi connectivity index (χ1v) is 7.39. The SMILES string of the molecule is CNC(=O)c1nc(-c2noc(CCc3ccccc3)n2)cnc1N. The fourth-order valence-electron chi connectivity index (χ4n) is 2.15. The van der Waals surface area contributed by atoms with Gasteiger partial charge in [0, 0.05) is 13.5 Å². The van der Waals surface area contributed by atoms with Crippen molar-refractivity contribution >= 4 is 11.7 Å². The van der Waals surface area contributed by atoms with Crippen molar-refractivity contribution in [2.24, 2.45) is 0 Å². The number of hydrogen-bond donors (Lipinski definition) is 2. The lowest BCUT2D eigenvalue weighted by atomic mass is 10.1. The van der Waals surface area contributed by atoms with Crippen molar-refractivity contribution in [1.29, 1.82) is 0 Å². The predicted molar refractivity (Wildman–Crippen MR) is 87.0 cm³/mol. The van der Waals surface area contributed by atoms with Crippen LogP contribution in [0.4, 0.5) is 5.82 Å². The van der Waals surface area contributed by atoms with Gasteiger partial charge in [-0.2, -0.15) is 4.98 Å². The zero-order chi connectivity index (χ0) is 16.9. The van der Waals surface area contributed by atoms with E-state index < -0.39 is 5.91 Å². The van der Waals surface area contributed by atoms with Gasteiger partial charge in [-0.05, 0) is 12.0 Å². The molecule has 0 spiro atoms. The molecular weight excluding hydrogens is 308 g/mol. The maximum Gasteiger partial charge on any atom is 0.273 e. The largest absolute Gasteiger partial charge is 0.382 e. The summed E-state index contributed by atoms with van der Waals surface area (Å²) in [4.78, 5) is 24.1. The Labute approximate surface area is 138 Å². The van der Waals surface area contributed by atoms with Crippen LogP contribution in [-0.2, 0) is 12.8 Å². The summed E-state index contributed by atoms with van der Waals surface area (Å²) in [5.41, 5.74) is 7.21. The molecule has 0 atom stereocenters. The average Bonchev–Trinajstić information content (AvgIpc) is 3.09. The molecule has 0 aliphatic rings. The van der Waals surface area contributed by atoms with E-state index in [0.717, 1.165) is 6.42 Å². The highest BCUT2D eigenvalue weighted by Crippen LogP contribution is 2.16. The fourth-order valence-corrected chi connectivity index (χ4v) is 2.15. The molecule has 0 saturated carbocycles. The molecular formula is C16H16N6O2. The number of carbonyl (C=O) groups is 1. The zero-order valence-corrected chi connectivity index (χ0v) is 13.1. The van der Waals surface area contributed by atoms with Crippen molar-refractivity contribution in [3.05, 3.63) is 53.7 Å². The van der Waals surface area contributed by atoms with Crippen LogP contribution in [0.1, 0.15) is 21.9 Å². The summed E-state index contributed by atoms with van der Waals surface area (Å²) in [6, 6.07) is 10.0. The van der Waals surface area contributed by atoms with Crippen LogP contribution >= 0.6 is 0 Å². The molecule has 0 unspecified atom stereocenters. The Morgan fingerprint density at radius 3 is 2.75 bits per heavy atom. The maximum absolute atomic E-state index is 11.7. The Hall–Kier alpha value is -3.29. The van der Waals surface area contributed by atoms with Gasteiger partial charge in [-0.25, -0.2) is 9.97 Å². The second-order valence-corrected chi connectivity index (χ2v) is 5.07. The van der Waals surface area contributed by atoms with Gasteiger partial charge in [-0.3, -0.25) is 4.79 Å². The average molecular weight is 324 g/mol. The second-order valence-electron chi connectivity index (χ2n) is 5.07. The number of nitrogen functional groups attached to an aromatic ring is 1. The zero-order valence-electron chi connectivity index (χ0n) is 13.1. The summed E-state index contributed by atoms with van der Waals surface area (Å²) in [6.45, 7) is 0. The molecule has 2 aromatic heterocycles. The third kappa shape index (κ3) is 3.37. The van der Waals surface area contributed by atoms with E-state index in [1.165, 1.54) is 18.8 Å². The number of amides is 1. The Morgan fingerprint density at radius 2 is 2.00 bits per heavy atom. The number of hydrogen-bond acceptors (Lipinski definition) is 7. The minimum atomic E-state index is -0.422. The van der Waals surface area contributed by atoms with Gasteiger partial charge in [0.25, 0.3) is 5.91 Å². The van der Waals surface area contributed by atoms with Gasteiger partial charge in [0.15, 0.2) is 11.5 Å². The number of rotatable bonds is 5. The number of nitrogens with one attached hydrogen (secondary N) is 1. The van der Waals surface area contributed by atoms with Crippen LogP contribution in [0.2, 0.25) is 0 Å². The molecule has 8 nitrogen and oxygen atoms in total. The third-order valence-electron chi connectivity index (χ3n) is 3.41. The molecule has 0 aliphatic heterocycles. The lowest BCUT2D eigenvalue weighted by Gasteiger charge is -2.03. The Kier molecular flexibility index (Phi) is 4.46. The normalized spacial score (nSPS) is 10.5. The highest BCUT2D eigenvalue weighted by atomic mass is 16.5. The lowest BCUT2D eigenvalue weighted by molar-refractivity contribution is 0.0959. The molecule has 0 aliphatic carbocycles. The lowest BCUT2D eigenvalue weighted by Crippen LogP contribution is -2.21. The van der Waals surface area contributed by atoms with E-state index in [1.807, 2.05) is 30.3 Å². The molecule has 2 heterocycles. The standard InChI is InChI=1S/C16H16N6O2/c1-18-16(23)13-14(17)19-9-11(20-13)15-21-12(24-22-15)8-7-10-5-3-2-4-6-10/h2-6,9H,7-8H2,1H3,(H2,17,19)(H,18,23). The molecule has 3 rings (SSSR count). The highest BCUT2D eigenvalue weighted by molar-refractivity contribution is 5.96. The number of aryl methyl sites for hydroxylation is 2. The molecule has 122 valence electrons. The van der Waals surface area contributed by atoms with Crippen LogP contribution in [0.5, 0.6) is 0 Å². The topological polar surface area (TPSA) is 120 Å². The van der Waals surface area contributed by atoms with Crippen LogP contribution < -0.4 is 11.1 Å². The number of benzene rings is 1. The van der Waals surface area contributed by atoms with Crippen molar-refractivity contribution in [3.8, 4) is 11.5 Å². The maximum atomic E-state index is 11.7. The smallest absolute Gasteiger partial charge is 0.273 e. The number of nitrogens with zero attached hydrogens (tertiary/aromatic N) is 4. The van der Waals surface area contributed by atoms with Gasteiger partial charge in [0.05, 0.1) is 6.20 Å². The quantitative estimate of drug-likeness (QED) is 0.724. The van der Waals surface area contributed by atoms with E-state index in [1.54, 1.807) is 0 Å². The fraction of sp³-hybridized carbons (Fsp3) is 0.188.